The molecule has 3 aliphatic heterocycles. The van der Waals surface area contributed by atoms with Crippen LogP contribution in [0.15, 0.2) is 73.1 Å². The van der Waals surface area contributed by atoms with Crippen molar-refractivity contribution in [1.82, 2.24) is 24.1 Å². The maximum atomic E-state index is 13.5. The number of hydrogen-bond donors (Lipinski definition) is 0. The van der Waals surface area contributed by atoms with Crippen molar-refractivity contribution in [2.24, 2.45) is 0 Å². The van der Waals surface area contributed by atoms with E-state index in [0.717, 1.165) is 93.8 Å². The van der Waals surface area contributed by atoms with E-state index in [1.807, 2.05) is 75.0 Å². The average molecular weight is 620 g/mol. The third kappa shape index (κ3) is 5.99. The van der Waals surface area contributed by atoms with Gasteiger partial charge in [0.25, 0.3) is 11.8 Å². The molecule has 0 saturated carbocycles. The summed E-state index contributed by atoms with van der Waals surface area (Å²) in [6.45, 7) is 5.59. The lowest BCUT2D eigenvalue weighted by Gasteiger charge is -2.34. The molecule has 3 aliphatic rings. The molecule has 1 atom stereocenters. The Hall–Kier alpha value is -4.63. The van der Waals surface area contributed by atoms with Crippen molar-refractivity contribution >= 4 is 23.4 Å². The van der Waals surface area contributed by atoms with E-state index in [9.17, 15) is 9.59 Å². The third-order valence-corrected chi connectivity index (χ3v) is 9.49. The van der Waals surface area contributed by atoms with Crippen LogP contribution < -0.4 is 9.47 Å². The number of amides is 2. The molecule has 0 spiro atoms. The van der Waals surface area contributed by atoms with Crippen LogP contribution in [-0.2, 0) is 0 Å². The summed E-state index contributed by atoms with van der Waals surface area (Å²) in [5.41, 5.74) is 4.13. The van der Waals surface area contributed by atoms with Crippen LogP contribution in [0.3, 0.4) is 0 Å². The molecule has 2 fully saturated rings. The van der Waals surface area contributed by atoms with E-state index in [4.69, 9.17) is 9.47 Å². The maximum Gasteiger partial charge on any atom is 0.256 e. The Morgan fingerprint density at radius 3 is 2.63 bits per heavy atom. The molecule has 0 aliphatic carbocycles. The number of unbranched alkanes of at least 4 members (excludes halogenated alkanes) is 2. The topological polar surface area (TPSA) is 79.6 Å². The summed E-state index contributed by atoms with van der Waals surface area (Å²) in [6, 6.07) is 17.9. The molecule has 2 amide bonds. The zero-order chi connectivity index (χ0) is 31.5. The Labute approximate surface area is 270 Å². The van der Waals surface area contributed by atoms with Crippen LogP contribution in [0.4, 0.5) is 0 Å². The molecule has 9 heteroatoms. The van der Waals surface area contributed by atoms with Crippen LogP contribution in [0, 0.1) is 0 Å². The van der Waals surface area contributed by atoms with Gasteiger partial charge in [0.05, 0.1) is 42.6 Å². The Morgan fingerprint density at radius 1 is 0.957 bits per heavy atom. The highest BCUT2D eigenvalue weighted by Gasteiger charge is 2.31. The molecule has 46 heavy (non-hydrogen) atoms. The van der Waals surface area contributed by atoms with Crippen molar-refractivity contribution in [2.75, 3.05) is 53.0 Å². The molecule has 0 radical (unpaired) electrons. The Balaban J connectivity index is 0.869. The lowest BCUT2D eigenvalue weighted by Crippen LogP contribution is -2.48. The van der Waals surface area contributed by atoms with Gasteiger partial charge in [-0.2, -0.15) is 0 Å². The number of pyridine rings is 1. The number of carbonyl (C=O) groups excluding carboxylic acids is 2. The fourth-order valence-corrected chi connectivity index (χ4v) is 6.93. The zero-order valence-electron chi connectivity index (χ0n) is 26.4. The number of ether oxygens (including phenoxy) is 2. The Morgan fingerprint density at radius 2 is 1.80 bits per heavy atom. The van der Waals surface area contributed by atoms with Gasteiger partial charge in [-0.1, -0.05) is 42.5 Å². The van der Waals surface area contributed by atoms with E-state index in [1.165, 1.54) is 0 Å². The molecule has 2 aromatic carbocycles. The highest BCUT2D eigenvalue weighted by molar-refractivity contribution is 6.01. The minimum atomic E-state index is 0.0651. The minimum absolute atomic E-state index is 0.0651. The Bertz CT molecular complexity index is 1740. The summed E-state index contributed by atoms with van der Waals surface area (Å²) in [7, 11) is 1.62. The van der Waals surface area contributed by atoms with Crippen molar-refractivity contribution in [2.45, 2.75) is 38.1 Å². The number of benzene rings is 2. The molecular formula is C37H41N5O4. The molecule has 2 aromatic heterocycles. The second-order valence-electron chi connectivity index (χ2n) is 12.3. The zero-order valence-corrected chi connectivity index (χ0v) is 26.4. The lowest BCUT2D eigenvalue weighted by atomic mass is 10.1. The normalized spacial score (nSPS) is 18.0. The fourth-order valence-electron chi connectivity index (χ4n) is 6.93. The summed E-state index contributed by atoms with van der Waals surface area (Å²) in [4.78, 5) is 37.7. The van der Waals surface area contributed by atoms with Crippen molar-refractivity contribution in [3.8, 4) is 22.9 Å². The number of fused-ring (bicyclic) bond motifs is 3. The van der Waals surface area contributed by atoms with Crippen LogP contribution in [0.1, 0.15) is 58.4 Å². The van der Waals surface area contributed by atoms with Crippen LogP contribution in [0.5, 0.6) is 11.5 Å². The van der Waals surface area contributed by atoms with Crippen LogP contribution in [0.2, 0.25) is 0 Å². The van der Waals surface area contributed by atoms with Gasteiger partial charge in [-0.05, 0) is 68.5 Å². The summed E-state index contributed by atoms with van der Waals surface area (Å²) in [5, 5.41) is 0. The summed E-state index contributed by atoms with van der Waals surface area (Å²) in [5.74, 6) is 2.27. The summed E-state index contributed by atoms with van der Waals surface area (Å²) >= 11 is 0. The van der Waals surface area contributed by atoms with Crippen LogP contribution >= 0.6 is 0 Å². The first-order valence-corrected chi connectivity index (χ1v) is 16.5. The lowest BCUT2D eigenvalue weighted by molar-refractivity contribution is 0.0636. The quantitative estimate of drug-likeness (QED) is 0.214. The molecule has 238 valence electrons. The van der Waals surface area contributed by atoms with E-state index in [-0.39, 0.29) is 17.9 Å². The first kappa shape index (κ1) is 30.0. The molecule has 0 unspecified atom stereocenters. The average Bonchev–Trinajstić information content (AvgIpc) is 3.74. The molecule has 4 aromatic rings. The predicted molar refractivity (Wildman–Crippen MR) is 178 cm³/mol. The van der Waals surface area contributed by atoms with E-state index in [0.29, 0.717) is 29.2 Å². The third-order valence-electron chi connectivity index (χ3n) is 9.49. The number of hydrogen-bond acceptors (Lipinski definition) is 6. The molecule has 2 saturated heterocycles. The smallest absolute Gasteiger partial charge is 0.256 e. The highest BCUT2D eigenvalue weighted by atomic mass is 16.5. The van der Waals surface area contributed by atoms with Gasteiger partial charge in [0.1, 0.15) is 5.82 Å². The van der Waals surface area contributed by atoms with Crippen molar-refractivity contribution in [1.29, 1.82) is 0 Å². The van der Waals surface area contributed by atoms with Gasteiger partial charge in [-0.15, -0.1) is 0 Å². The van der Waals surface area contributed by atoms with Crippen molar-refractivity contribution in [3.05, 3.63) is 89.8 Å². The highest BCUT2D eigenvalue weighted by Crippen LogP contribution is 2.35. The number of carbonyl (C=O) groups is 2. The molecular weight excluding hydrogens is 578 g/mol. The summed E-state index contributed by atoms with van der Waals surface area (Å²) < 4.78 is 13.8. The molecule has 7 rings (SSSR count). The maximum absolute atomic E-state index is 13.5. The van der Waals surface area contributed by atoms with Gasteiger partial charge in [-0.25, -0.2) is 4.98 Å². The predicted octanol–water partition coefficient (Wildman–Crippen LogP) is 5.65. The fraction of sp³-hybridized carbons (Fsp3) is 0.378. The number of imidazole rings is 1. The molecule has 9 nitrogen and oxygen atoms in total. The van der Waals surface area contributed by atoms with Crippen molar-refractivity contribution in [3.63, 3.8) is 0 Å². The largest absolute Gasteiger partial charge is 0.493 e. The van der Waals surface area contributed by atoms with E-state index >= 15 is 0 Å². The Kier molecular flexibility index (Phi) is 8.74. The van der Waals surface area contributed by atoms with Gasteiger partial charge in [0, 0.05) is 44.5 Å². The van der Waals surface area contributed by atoms with Crippen molar-refractivity contribution < 1.29 is 19.1 Å². The molecule has 0 N–H and O–H groups in total. The molecule has 5 heterocycles. The number of piperazine rings is 1. The number of aromatic nitrogens is 2. The second kappa shape index (κ2) is 13.4. The standard InChI is InChI=1S/C37H41N5O4/c1-45-33-25-31-28(14-15-29-12-8-17-41(29)37(31)44)24-34(33)46-23-7-3-6-16-39-19-21-40(22-20-39)36(43)30-13-9-18-42-32(30)26-38-35(42)27-10-4-2-5-11-27/h2,4-5,9-11,13-15,18,24-26,29H,3,6-8,12,16-17,19-23H2,1H3/t29-/m0/s1. The number of nitrogens with zero attached hydrogens (tertiary/aromatic N) is 5. The monoisotopic (exact) mass is 619 g/mol. The number of rotatable bonds is 10. The minimum Gasteiger partial charge on any atom is -0.493 e. The first-order valence-electron chi connectivity index (χ1n) is 16.5. The molecule has 0 bridgehead atoms. The van der Waals surface area contributed by atoms with Crippen LogP contribution in [0.25, 0.3) is 23.0 Å². The van der Waals surface area contributed by atoms with Crippen LogP contribution in [-0.4, -0.2) is 94.9 Å². The van der Waals surface area contributed by atoms with E-state index < -0.39 is 0 Å². The van der Waals surface area contributed by atoms with Gasteiger partial charge in [0.15, 0.2) is 11.5 Å². The first-order chi connectivity index (χ1) is 22.6. The second-order valence-corrected chi connectivity index (χ2v) is 12.3. The van der Waals surface area contributed by atoms with Gasteiger partial charge in [-0.3, -0.25) is 18.9 Å². The SMILES string of the molecule is COc1cc2c(cc1OCCCCCN1CCN(C(=O)c3cccn4c(-c5ccccc5)ncc34)CC1)C=C[C@@H]1CCCN1C2=O. The van der Waals surface area contributed by atoms with Gasteiger partial charge < -0.3 is 19.3 Å². The van der Waals surface area contributed by atoms with Gasteiger partial charge >= 0.3 is 0 Å². The number of methoxy groups -OCH3 is 1. The summed E-state index contributed by atoms with van der Waals surface area (Å²) in [6.07, 6.45) is 13.1. The van der Waals surface area contributed by atoms with E-state index in [2.05, 4.69) is 22.0 Å². The van der Waals surface area contributed by atoms with E-state index in [1.54, 1.807) is 13.3 Å². The van der Waals surface area contributed by atoms with Gasteiger partial charge in [0.2, 0.25) is 0 Å².